The minimum atomic E-state index is -0.716. The number of anilines is 2. The van der Waals surface area contributed by atoms with Crippen LogP contribution in [0.15, 0.2) is 77.5 Å². The molecule has 0 saturated heterocycles. The van der Waals surface area contributed by atoms with E-state index in [2.05, 4.69) is 5.32 Å². The highest BCUT2D eigenvalue weighted by atomic mass is 35.5. The summed E-state index contributed by atoms with van der Waals surface area (Å²) < 4.78 is 5.42. The summed E-state index contributed by atoms with van der Waals surface area (Å²) >= 11 is 18.2. The molecular weight excluding hydrogens is 487 g/mol. The highest BCUT2D eigenvalue weighted by Crippen LogP contribution is 2.35. The maximum absolute atomic E-state index is 12.9. The van der Waals surface area contributed by atoms with Crippen LogP contribution in [-0.4, -0.2) is 17.8 Å². The maximum Gasteiger partial charge on any atom is 0.343 e. The number of imide groups is 1. The van der Waals surface area contributed by atoms with Crippen molar-refractivity contribution >= 4 is 64.0 Å². The first-order valence-corrected chi connectivity index (χ1v) is 10.8. The normalized spacial score (nSPS) is 13.5. The van der Waals surface area contributed by atoms with Crippen molar-refractivity contribution in [3.63, 3.8) is 0 Å². The zero-order valence-electron chi connectivity index (χ0n) is 17.1. The third-order valence-corrected chi connectivity index (χ3v) is 5.75. The average molecular weight is 502 g/mol. The Morgan fingerprint density at radius 3 is 2.27 bits per heavy atom. The largest absolute Gasteiger partial charge is 0.423 e. The molecule has 1 aliphatic heterocycles. The third-order valence-electron chi connectivity index (χ3n) is 4.86. The van der Waals surface area contributed by atoms with Crippen LogP contribution in [0.2, 0.25) is 10.0 Å². The molecule has 9 heteroatoms. The Labute approximate surface area is 204 Å². The van der Waals surface area contributed by atoms with Gasteiger partial charge in [0, 0.05) is 10.7 Å². The molecule has 0 aromatic heterocycles. The predicted octanol–water partition coefficient (Wildman–Crippen LogP) is 5.96. The van der Waals surface area contributed by atoms with Gasteiger partial charge in [0.25, 0.3) is 11.8 Å². The van der Waals surface area contributed by atoms with E-state index in [1.54, 1.807) is 24.3 Å². The summed E-state index contributed by atoms with van der Waals surface area (Å²) in [5.41, 5.74) is 1.65. The molecule has 0 spiro atoms. The fourth-order valence-electron chi connectivity index (χ4n) is 3.16. The van der Waals surface area contributed by atoms with Gasteiger partial charge in [0.2, 0.25) is 0 Å². The smallest absolute Gasteiger partial charge is 0.343 e. The van der Waals surface area contributed by atoms with Gasteiger partial charge in [-0.25, -0.2) is 9.69 Å². The summed E-state index contributed by atoms with van der Waals surface area (Å²) in [6.07, 6.45) is 0. The maximum atomic E-state index is 12.9. The van der Waals surface area contributed by atoms with E-state index in [1.807, 2.05) is 19.1 Å². The predicted molar refractivity (Wildman–Crippen MR) is 128 cm³/mol. The summed E-state index contributed by atoms with van der Waals surface area (Å²) in [6, 6.07) is 17.8. The summed E-state index contributed by atoms with van der Waals surface area (Å²) in [7, 11) is 0. The Balaban J connectivity index is 1.50. The lowest BCUT2D eigenvalue weighted by atomic mass is 10.2. The van der Waals surface area contributed by atoms with Crippen LogP contribution < -0.4 is 15.0 Å². The van der Waals surface area contributed by atoms with Crippen molar-refractivity contribution in [2.24, 2.45) is 0 Å². The van der Waals surface area contributed by atoms with E-state index < -0.39 is 17.8 Å². The van der Waals surface area contributed by atoms with Gasteiger partial charge >= 0.3 is 5.97 Å². The number of halogens is 3. The minimum absolute atomic E-state index is 0.108. The molecule has 3 aromatic rings. The molecule has 0 atom stereocenters. The van der Waals surface area contributed by atoms with Crippen molar-refractivity contribution in [3.8, 4) is 5.75 Å². The first-order chi connectivity index (χ1) is 15.8. The lowest BCUT2D eigenvalue weighted by molar-refractivity contribution is -0.120. The average Bonchev–Trinajstić information content (AvgIpc) is 2.99. The monoisotopic (exact) mass is 500 g/mol. The zero-order valence-corrected chi connectivity index (χ0v) is 19.3. The number of amides is 2. The van der Waals surface area contributed by atoms with Gasteiger partial charge in [-0.05, 0) is 61.0 Å². The van der Waals surface area contributed by atoms with E-state index >= 15 is 0 Å². The molecule has 6 nitrogen and oxygen atoms in total. The van der Waals surface area contributed by atoms with Crippen molar-refractivity contribution in [3.05, 3.63) is 98.6 Å². The second-order valence-corrected chi connectivity index (χ2v) is 8.31. The van der Waals surface area contributed by atoms with Crippen LogP contribution in [0.1, 0.15) is 15.9 Å². The first kappa shape index (κ1) is 22.9. The van der Waals surface area contributed by atoms with Gasteiger partial charge in [0.1, 0.15) is 16.5 Å². The van der Waals surface area contributed by atoms with Crippen molar-refractivity contribution in [1.29, 1.82) is 0 Å². The van der Waals surface area contributed by atoms with Crippen LogP contribution in [-0.2, 0) is 9.59 Å². The molecule has 0 radical (unpaired) electrons. The molecule has 0 bridgehead atoms. The second kappa shape index (κ2) is 9.27. The van der Waals surface area contributed by atoms with E-state index in [0.717, 1.165) is 10.5 Å². The number of carbonyl (C=O) groups is 3. The Morgan fingerprint density at radius 1 is 0.909 bits per heavy atom. The molecule has 0 saturated carbocycles. The topological polar surface area (TPSA) is 75.7 Å². The summed E-state index contributed by atoms with van der Waals surface area (Å²) in [5.74, 6) is -1.44. The number of benzene rings is 3. The number of hydrogen-bond acceptors (Lipinski definition) is 5. The van der Waals surface area contributed by atoms with Crippen molar-refractivity contribution < 1.29 is 19.1 Å². The molecule has 0 unspecified atom stereocenters. The Hall–Kier alpha value is -3.32. The highest BCUT2D eigenvalue weighted by Gasteiger charge is 2.39. The van der Waals surface area contributed by atoms with Crippen molar-refractivity contribution in [2.45, 2.75) is 6.92 Å². The summed E-state index contributed by atoms with van der Waals surface area (Å²) in [4.78, 5) is 38.8. The van der Waals surface area contributed by atoms with E-state index in [4.69, 9.17) is 39.5 Å². The molecule has 4 rings (SSSR count). The number of carbonyl (C=O) groups excluding carboxylic acids is 3. The fourth-order valence-corrected chi connectivity index (χ4v) is 3.86. The summed E-state index contributed by atoms with van der Waals surface area (Å²) in [6.45, 7) is 1.84. The molecule has 2 amide bonds. The van der Waals surface area contributed by atoms with Crippen molar-refractivity contribution in [1.82, 2.24) is 0 Å². The number of nitrogens with zero attached hydrogens (tertiary/aromatic N) is 1. The van der Waals surface area contributed by atoms with Gasteiger partial charge in [0.05, 0.1) is 16.3 Å². The number of aryl methyl sites for hydroxylation is 1. The molecule has 1 heterocycles. The first-order valence-electron chi connectivity index (χ1n) is 9.65. The van der Waals surface area contributed by atoms with Gasteiger partial charge in [-0.2, -0.15) is 0 Å². The Kier molecular flexibility index (Phi) is 6.42. The van der Waals surface area contributed by atoms with E-state index in [9.17, 15) is 14.4 Å². The molecule has 0 fully saturated rings. The van der Waals surface area contributed by atoms with Crippen LogP contribution in [0.4, 0.5) is 11.4 Å². The molecular formula is C24H15Cl3N2O4. The van der Waals surface area contributed by atoms with Crippen LogP contribution in [0, 0.1) is 6.92 Å². The molecule has 0 aliphatic carbocycles. The van der Waals surface area contributed by atoms with Gasteiger partial charge < -0.3 is 10.1 Å². The Bertz CT molecular complexity index is 1320. The van der Waals surface area contributed by atoms with Gasteiger partial charge in [-0.1, -0.05) is 53.0 Å². The highest BCUT2D eigenvalue weighted by molar-refractivity contribution is 6.53. The van der Waals surface area contributed by atoms with Crippen molar-refractivity contribution in [2.75, 3.05) is 10.2 Å². The number of ether oxygens (including phenoxy) is 1. The number of rotatable bonds is 5. The van der Waals surface area contributed by atoms with Crippen LogP contribution in [0.5, 0.6) is 5.75 Å². The van der Waals surface area contributed by atoms with E-state index in [1.165, 1.54) is 30.3 Å². The number of para-hydroxylation sites is 1. The number of hydrogen-bond donors (Lipinski definition) is 1. The lowest BCUT2D eigenvalue weighted by Crippen LogP contribution is -2.32. The van der Waals surface area contributed by atoms with E-state index in [0.29, 0.717) is 22.0 Å². The molecule has 1 aliphatic rings. The van der Waals surface area contributed by atoms with Crippen LogP contribution in [0.3, 0.4) is 0 Å². The molecule has 166 valence electrons. The zero-order chi connectivity index (χ0) is 23.7. The van der Waals surface area contributed by atoms with Gasteiger partial charge in [-0.15, -0.1) is 0 Å². The Morgan fingerprint density at radius 2 is 1.61 bits per heavy atom. The van der Waals surface area contributed by atoms with E-state index in [-0.39, 0.29) is 21.4 Å². The number of esters is 1. The minimum Gasteiger partial charge on any atom is -0.423 e. The van der Waals surface area contributed by atoms with Gasteiger partial charge in [-0.3, -0.25) is 9.59 Å². The quantitative estimate of drug-likeness (QED) is 0.265. The van der Waals surface area contributed by atoms with Crippen LogP contribution in [0.25, 0.3) is 0 Å². The third kappa shape index (κ3) is 4.59. The van der Waals surface area contributed by atoms with Crippen LogP contribution >= 0.6 is 34.8 Å². The molecule has 33 heavy (non-hydrogen) atoms. The molecule has 3 aromatic carbocycles. The lowest BCUT2D eigenvalue weighted by Gasteiger charge is -2.16. The number of nitrogens with one attached hydrogen (secondary N) is 1. The molecule has 1 N–H and O–H groups in total. The summed E-state index contributed by atoms with van der Waals surface area (Å²) in [5, 5.41) is 3.05. The van der Waals surface area contributed by atoms with Gasteiger partial charge in [0.15, 0.2) is 0 Å². The fraction of sp³-hybridized carbons (Fsp3) is 0.0417. The second-order valence-electron chi connectivity index (χ2n) is 7.09. The SMILES string of the molecule is Cc1ccccc1OC(=O)c1ccc(NC2=C(Cl)C(=O)N(c3ccc(Cl)cc3Cl)C2=O)cc1. The standard InChI is InChI=1S/C24H15Cl3N2O4/c1-13-4-2-3-5-19(13)33-24(32)14-6-9-16(10-7-14)28-21-20(27)22(30)29(23(21)31)18-11-8-15(25)12-17(18)26/h2-12,28H,1H3.